The maximum absolute atomic E-state index is 12.2. The molecule has 5 heteroatoms. The Balaban J connectivity index is 1.92. The summed E-state index contributed by atoms with van der Waals surface area (Å²) in [6.45, 7) is 8.76. The van der Waals surface area contributed by atoms with Crippen molar-refractivity contribution in [1.29, 1.82) is 0 Å². The normalized spacial score (nSPS) is 10.0. The van der Waals surface area contributed by atoms with Crippen molar-refractivity contribution in [2.45, 2.75) is 20.8 Å². The van der Waals surface area contributed by atoms with E-state index in [1.807, 2.05) is 26.0 Å². The minimum absolute atomic E-state index is 0.224. The lowest BCUT2D eigenvalue weighted by molar-refractivity contribution is -0.145. The Morgan fingerprint density at radius 1 is 0.960 bits per heavy atom. The van der Waals surface area contributed by atoms with Gasteiger partial charge in [0.15, 0.2) is 0 Å². The molecule has 0 spiro atoms. The maximum atomic E-state index is 12.2. The van der Waals surface area contributed by atoms with Crippen molar-refractivity contribution in [1.82, 2.24) is 0 Å². The number of ether oxygens (including phenoxy) is 3. The van der Waals surface area contributed by atoms with Gasteiger partial charge in [-0.05, 0) is 68.3 Å². The van der Waals surface area contributed by atoms with Crippen LogP contribution in [-0.4, -0.2) is 18.7 Å². The fourth-order valence-corrected chi connectivity index (χ4v) is 1.90. The molecule has 0 aromatic heterocycles. The van der Waals surface area contributed by atoms with Gasteiger partial charge in [-0.1, -0.05) is 12.6 Å². The van der Waals surface area contributed by atoms with Crippen molar-refractivity contribution < 1.29 is 23.8 Å². The molecule has 0 amide bonds. The van der Waals surface area contributed by atoms with Crippen molar-refractivity contribution in [2.75, 3.05) is 6.79 Å². The van der Waals surface area contributed by atoms with Crippen LogP contribution in [0.3, 0.4) is 0 Å². The van der Waals surface area contributed by atoms with Gasteiger partial charge in [0.25, 0.3) is 0 Å². The summed E-state index contributed by atoms with van der Waals surface area (Å²) in [5.41, 5.74) is 2.88. The van der Waals surface area contributed by atoms with Gasteiger partial charge in [0, 0.05) is 5.57 Å². The predicted molar refractivity (Wildman–Crippen MR) is 93.7 cm³/mol. The SMILES string of the molecule is C=C(C)C(=O)OCOc1ccc(C(=O)Oc2ccc(C)c(C)c2)cc1. The summed E-state index contributed by atoms with van der Waals surface area (Å²) >= 11 is 0. The van der Waals surface area contributed by atoms with E-state index in [2.05, 4.69) is 6.58 Å². The quantitative estimate of drug-likeness (QED) is 0.344. The molecule has 0 saturated heterocycles. The molecule has 0 aliphatic heterocycles. The highest BCUT2D eigenvalue weighted by Gasteiger charge is 2.10. The van der Waals surface area contributed by atoms with Gasteiger partial charge in [-0.25, -0.2) is 9.59 Å². The van der Waals surface area contributed by atoms with Crippen LogP contribution in [0, 0.1) is 13.8 Å². The summed E-state index contributed by atoms with van der Waals surface area (Å²) in [6.07, 6.45) is 0. The monoisotopic (exact) mass is 340 g/mol. The zero-order chi connectivity index (χ0) is 18.4. The van der Waals surface area contributed by atoms with Crippen LogP contribution in [0.5, 0.6) is 11.5 Å². The fraction of sp³-hybridized carbons (Fsp3) is 0.200. The predicted octanol–water partition coefficient (Wildman–Crippen LogP) is 3.98. The summed E-state index contributed by atoms with van der Waals surface area (Å²) in [6, 6.07) is 11.9. The van der Waals surface area contributed by atoms with Crippen LogP contribution in [0.25, 0.3) is 0 Å². The highest BCUT2D eigenvalue weighted by atomic mass is 16.7. The molecule has 0 unspecified atom stereocenters. The van der Waals surface area contributed by atoms with Crippen molar-refractivity contribution in [3.8, 4) is 11.5 Å². The molecular formula is C20H20O5. The summed E-state index contributed by atoms with van der Waals surface area (Å²) in [5, 5.41) is 0. The van der Waals surface area contributed by atoms with Crippen LogP contribution in [-0.2, 0) is 9.53 Å². The molecule has 0 aliphatic rings. The van der Waals surface area contributed by atoms with Gasteiger partial charge in [-0.2, -0.15) is 0 Å². The lowest BCUT2D eigenvalue weighted by atomic mass is 10.1. The fourth-order valence-electron chi connectivity index (χ4n) is 1.90. The molecule has 0 N–H and O–H groups in total. The van der Waals surface area contributed by atoms with Gasteiger partial charge in [0.1, 0.15) is 11.5 Å². The van der Waals surface area contributed by atoms with Crippen LogP contribution in [0.2, 0.25) is 0 Å². The summed E-state index contributed by atoms with van der Waals surface area (Å²) in [5.74, 6) is -0.00511. The molecule has 0 bridgehead atoms. The Kier molecular flexibility index (Phi) is 5.95. The van der Waals surface area contributed by atoms with E-state index in [0.29, 0.717) is 22.6 Å². The zero-order valence-corrected chi connectivity index (χ0v) is 14.5. The van der Waals surface area contributed by atoms with Gasteiger partial charge < -0.3 is 14.2 Å². The second-order valence-corrected chi connectivity index (χ2v) is 5.63. The van der Waals surface area contributed by atoms with Crippen molar-refractivity contribution in [2.24, 2.45) is 0 Å². The second kappa shape index (κ2) is 8.15. The van der Waals surface area contributed by atoms with Crippen LogP contribution >= 0.6 is 0 Å². The first-order valence-corrected chi connectivity index (χ1v) is 7.72. The third-order valence-corrected chi connectivity index (χ3v) is 3.54. The van der Waals surface area contributed by atoms with E-state index in [1.54, 1.807) is 37.3 Å². The first-order chi connectivity index (χ1) is 11.9. The topological polar surface area (TPSA) is 61.8 Å². The van der Waals surface area contributed by atoms with E-state index in [4.69, 9.17) is 14.2 Å². The Morgan fingerprint density at radius 3 is 2.20 bits per heavy atom. The van der Waals surface area contributed by atoms with Gasteiger partial charge >= 0.3 is 11.9 Å². The molecule has 0 atom stereocenters. The van der Waals surface area contributed by atoms with Crippen LogP contribution in [0.15, 0.2) is 54.6 Å². The molecule has 0 saturated carbocycles. The number of benzene rings is 2. The third-order valence-electron chi connectivity index (χ3n) is 3.54. The highest BCUT2D eigenvalue weighted by molar-refractivity contribution is 5.91. The average molecular weight is 340 g/mol. The van der Waals surface area contributed by atoms with Crippen LogP contribution in [0.1, 0.15) is 28.4 Å². The van der Waals surface area contributed by atoms with E-state index >= 15 is 0 Å². The molecule has 0 heterocycles. The smallest absolute Gasteiger partial charge is 0.343 e. The molecule has 2 aromatic carbocycles. The number of carbonyl (C=O) groups is 2. The summed E-state index contributed by atoms with van der Waals surface area (Å²) in [7, 11) is 0. The molecular weight excluding hydrogens is 320 g/mol. The Hall–Kier alpha value is -3.08. The van der Waals surface area contributed by atoms with Gasteiger partial charge in [0.05, 0.1) is 5.56 Å². The number of hydrogen-bond acceptors (Lipinski definition) is 5. The Labute approximate surface area is 146 Å². The molecule has 5 nitrogen and oxygen atoms in total. The standard InChI is InChI=1S/C20H20O5/c1-13(2)19(21)24-12-23-17-9-6-16(7-10-17)20(22)25-18-8-5-14(3)15(4)11-18/h5-11H,1,12H2,2-4H3. The molecule has 0 radical (unpaired) electrons. The summed E-state index contributed by atoms with van der Waals surface area (Å²) in [4.78, 5) is 23.4. The van der Waals surface area contributed by atoms with Crippen molar-refractivity contribution in [3.63, 3.8) is 0 Å². The second-order valence-electron chi connectivity index (χ2n) is 5.63. The number of aryl methyl sites for hydroxylation is 2. The van der Waals surface area contributed by atoms with E-state index in [1.165, 1.54) is 0 Å². The minimum Gasteiger partial charge on any atom is -0.457 e. The van der Waals surface area contributed by atoms with E-state index in [9.17, 15) is 9.59 Å². The number of esters is 2. The first kappa shape index (κ1) is 18.3. The van der Waals surface area contributed by atoms with E-state index in [-0.39, 0.29) is 6.79 Å². The van der Waals surface area contributed by atoms with Gasteiger partial charge in [-0.3, -0.25) is 0 Å². The molecule has 2 rings (SSSR count). The number of hydrogen-bond donors (Lipinski definition) is 0. The number of carbonyl (C=O) groups excluding carboxylic acids is 2. The van der Waals surface area contributed by atoms with E-state index < -0.39 is 11.9 Å². The third kappa shape index (κ3) is 5.21. The maximum Gasteiger partial charge on any atom is 0.343 e. The van der Waals surface area contributed by atoms with Gasteiger partial charge in [-0.15, -0.1) is 0 Å². The van der Waals surface area contributed by atoms with Crippen molar-refractivity contribution >= 4 is 11.9 Å². The average Bonchev–Trinajstić information content (AvgIpc) is 2.58. The van der Waals surface area contributed by atoms with E-state index in [0.717, 1.165) is 11.1 Å². The first-order valence-electron chi connectivity index (χ1n) is 7.72. The van der Waals surface area contributed by atoms with Crippen LogP contribution in [0.4, 0.5) is 0 Å². The number of rotatable bonds is 6. The molecule has 130 valence electrons. The summed E-state index contributed by atoms with van der Waals surface area (Å²) < 4.78 is 15.5. The van der Waals surface area contributed by atoms with Crippen molar-refractivity contribution in [3.05, 3.63) is 71.3 Å². The lowest BCUT2D eigenvalue weighted by Gasteiger charge is -2.09. The Morgan fingerprint density at radius 2 is 1.60 bits per heavy atom. The zero-order valence-electron chi connectivity index (χ0n) is 14.5. The Bertz CT molecular complexity index is 790. The highest BCUT2D eigenvalue weighted by Crippen LogP contribution is 2.19. The molecule has 0 fully saturated rings. The van der Waals surface area contributed by atoms with Gasteiger partial charge in [0.2, 0.25) is 6.79 Å². The lowest BCUT2D eigenvalue weighted by Crippen LogP contribution is -2.11. The van der Waals surface area contributed by atoms with Crippen LogP contribution < -0.4 is 9.47 Å². The largest absolute Gasteiger partial charge is 0.457 e. The minimum atomic E-state index is -0.520. The molecule has 25 heavy (non-hydrogen) atoms. The molecule has 0 aliphatic carbocycles. The molecule has 2 aromatic rings.